The first-order valence-electron chi connectivity index (χ1n) is 7.15. The van der Waals surface area contributed by atoms with Gasteiger partial charge < -0.3 is 9.64 Å². The van der Waals surface area contributed by atoms with E-state index in [1.54, 1.807) is 7.11 Å². The zero-order valence-electron chi connectivity index (χ0n) is 11.9. The van der Waals surface area contributed by atoms with Crippen LogP contribution in [-0.2, 0) is 9.53 Å². The van der Waals surface area contributed by atoms with Crippen LogP contribution in [0.4, 0.5) is 5.69 Å². The lowest BCUT2D eigenvalue weighted by molar-refractivity contribution is -0.144. The molecule has 3 nitrogen and oxygen atoms in total. The zero-order valence-corrected chi connectivity index (χ0v) is 11.9. The molecule has 1 saturated carbocycles. The van der Waals surface area contributed by atoms with E-state index in [1.807, 2.05) is 42.2 Å². The molecule has 2 rings (SSSR count). The van der Waals surface area contributed by atoms with Crippen LogP contribution in [0.15, 0.2) is 30.3 Å². The Kier molecular flexibility index (Phi) is 4.59. The van der Waals surface area contributed by atoms with Crippen molar-refractivity contribution < 1.29 is 9.53 Å². The largest absolute Gasteiger partial charge is 0.368 e. The summed E-state index contributed by atoms with van der Waals surface area (Å²) in [5.74, 6) is 0.114. The van der Waals surface area contributed by atoms with Crippen molar-refractivity contribution in [3.8, 4) is 0 Å². The first-order valence-corrected chi connectivity index (χ1v) is 7.15. The molecule has 0 aliphatic heterocycles. The Balaban J connectivity index is 2.24. The summed E-state index contributed by atoms with van der Waals surface area (Å²) < 4.78 is 5.65. The Morgan fingerprint density at radius 3 is 2.37 bits per heavy atom. The first-order chi connectivity index (χ1) is 9.23. The van der Waals surface area contributed by atoms with Crippen molar-refractivity contribution in [1.82, 2.24) is 0 Å². The lowest BCUT2D eigenvalue weighted by Gasteiger charge is -2.38. The topological polar surface area (TPSA) is 29.5 Å². The molecule has 19 heavy (non-hydrogen) atoms. The van der Waals surface area contributed by atoms with E-state index in [0.717, 1.165) is 31.4 Å². The van der Waals surface area contributed by atoms with Gasteiger partial charge in [0.05, 0.1) is 0 Å². The van der Waals surface area contributed by atoms with E-state index >= 15 is 0 Å². The second-order valence-corrected chi connectivity index (χ2v) is 5.14. The van der Waals surface area contributed by atoms with Gasteiger partial charge in [-0.25, -0.2) is 0 Å². The second kappa shape index (κ2) is 6.20. The molecular formula is C16H23NO2. The Hall–Kier alpha value is -1.35. The van der Waals surface area contributed by atoms with Crippen LogP contribution in [0.5, 0.6) is 0 Å². The maximum Gasteiger partial charge on any atom is 0.259 e. The number of amides is 1. The number of para-hydroxylation sites is 1. The maximum absolute atomic E-state index is 12.9. The summed E-state index contributed by atoms with van der Waals surface area (Å²) >= 11 is 0. The molecule has 1 aromatic rings. The third-order valence-electron chi connectivity index (χ3n) is 4.07. The van der Waals surface area contributed by atoms with Crippen LogP contribution in [0, 0.1) is 0 Å². The van der Waals surface area contributed by atoms with Gasteiger partial charge >= 0.3 is 0 Å². The fourth-order valence-corrected chi connectivity index (χ4v) is 2.93. The highest BCUT2D eigenvalue weighted by molar-refractivity contribution is 5.99. The summed E-state index contributed by atoms with van der Waals surface area (Å²) in [4.78, 5) is 14.7. The van der Waals surface area contributed by atoms with Crippen molar-refractivity contribution in [2.24, 2.45) is 0 Å². The highest BCUT2D eigenvalue weighted by Gasteiger charge is 2.42. The molecule has 0 heterocycles. The molecule has 1 aliphatic carbocycles. The minimum absolute atomic E-state index is 0.114. The monoisotopic (exact) mass is 261 g/mol. The van der Waals surface area contributed by atoms with Crippen LogP contribution in [0.25, 0.3) is 0 Å². The predicted octanol–water partition coefficient (Wildman–Crippen LogP) is 3.39. The fraction of sp³-hybridized carbons (Fsp3) is 0.562. The Morgan fingerprint density at radius 1 is 1.21 bits per heavy atom. The van der Waals surface area contributed by atoms with Gasteiger partial charge in [-0.15, -0.1) is 0 Å². The number of rotatable bonds is 4. The summed E-state index contributed by atoms with van der Waals surface area (Å²) in [5, 5.41) is 0. The number of carbonyl (C=O) groups excluding carboxylic acids is 1. The van der Waals surface area contributed by atoms with Gasteiger partial charge in [0, 0.05) is 19.3 Å². The summed E-state index contributed by atoms with van der Waals surface area (Å²) in [6.45, 7) is 2.69. The molecule has 1 amide bonds. The third-order valence-corrected chi connectivity index (χ3v) is 4.07. The fourth-order valence-electron chi connectivity index (χ4n) is 2.93. The molecule has 0 bridgehead atoms. The van der Waals surface area contributed by atoms with E-state index in [4.69, 9.17) is 4.74 Å². The molecule has 0 spiro atoms. The minimum atomic E-state index is -0.607. The Labute approximate surface area is 115 Å². The molecule has 0 aromatic heterocycles. The molecule has 0 unspecified atom stereocenters. The van der Waals surface area contributed by atoms with Gasteiger partial charge in [-0.1, -0.05) is 37.5 Å². The summed E-state index contributed by atoms with van der Waals surface area (Å²) in [5.41, 5.74) is 0.349. The number of carbonyl (C=O) groups is 1. The normalized spacial score (nSPS) is 18.0. The van der Waals surface area contributed by atoms with Crippen LogP contribution in [0.3, 0.4) is 0 Å². The van der Waals surface area contributed by atoms with E-state index in [2.05, 4.69) is 0 Å². The SMILES string of the molecule is CCN(C(=O)C1(OC)CCCCC1)c1ccccc1. The van der Waals surface area contributed by atoms with Gasteiger partial charge in [0.15, 0.2) is 0 Å². The average molecular weight is 261 g/mol. The van der Waals surface area contributed by atoms with Crippen LogP contribution in [0.2, 0.25) is 0 Å². The summed E-state index contributed by atoms with van der Waals surface area (Å²) in [7, 11) is 1.67. The highest BCUT2D eigenvalue weighted by atomic mass is 16.5. The second-order valence-electron chi connectivity index (χ2n) is 5.14. The van der Waals surface area contributed by atoms with Crippen LogP contribution >= 0.6 is 0 Å². The molecule has 104 valence electrons. The van der Waals surface area contributed by atoms with Gasteiger partial charge in [-0.05, 0) is 31.9 Å². The van der Waals surface area contributed by atoms with Crippen molar-refractivity contribution >= 4 is 11.6 Å². The number of anilines is 1. The molecular weight excluding hydrogens is 238 g/mol. The number of nitrogens with zero attached hydrogens (tertiary/aromatic N) is 1. The molecule has 1 aromatic carbocycles. The maximum atomic E-state index is 12.9. The van der Waals surface area contributed by atoms with Gasteiger partial charge in [-0.3, -0.25) is 4.79 Å². The summed E-state index contributed by atoms with van der Waals surface area (Å²) in [6, 6.07) is 9.85. The first kappa shape index (κ1) is 14.1. The van der Waals surface area contributed by atoms with Crippen LogP contribution in [0.1, 0.15) is 39.0 Å². The lowest BCUT2D eigenvalue weighted by Crippen LogP contribution is -2.51. The van der Waals surface area contributed by atoms with E-state index < -0.39 is 5.60 Å². The molecule has 3 heteroatoms. The van der Waals surface area contributed by atoms with E-state index in [-0.39, 0.29) is 5.91 Å². The molecule has 0 atom stereocenters. The lowest BCUT2D eigenvalue weighted by atomic mass is 9.83. The van der Waals surface area contributed by atoms with E-state index in [9.17, 15) is 4.79 Å². The standard InChI is InChI=1S/C16H23NO2/c1-3-17(14-10-6-4-7-11-14)15(18)16(19-2)12-8-5-9-13-16/h4,6-7,10-11H,3,5,8-9,12-13H2,1-2H3. The van der Waals surface area contributed by atoms with Crippen LogP contribution < -0.4 is 4.90 Å². The Morgan fingerprint density at radius 2 is 1.84 bits per heavy atom. The van der Waals surface area contributed by atoms with Crippen LogP contribution in [-0.4, -0.2) is 25.2 Å². The number of hydrogen-bond acceptors (Lipinski definition) is 2. The number of ether oxygens (including phenoxy) is 1. The minimum Gasteiger partial charge on any atom is -0.368 e. The van der Waals surface area contributed by atoms with E-state index in [1.165, 1.54) is 6.42 Å². The number of hydrogen-bond donors (Lipinski definition) is 0. The van der Waals surface area contributed by atoms with Crippen molar-refractivity contribution in [1.29, 1.82) is 0 Å². The molecule has 0 radical (unpaired) electrons. The smallest absolute Gasteiger partial charge is 0.259 e. The van der Waals surface area contributed by atoms with Crippen molar-refractivity contribution in [2.45, 2.75) is 44.6 Å². The van der Waals surface area contributed by atoms with Gasteiger partial charge in [0.25, 0.3) is 5.91 Å². The van der Waals surface area contributed by atoms with Gasteiger partial charge in [0.2, 0.25) is 0 Å². The number of likely N-dealkylation sites (N-methyl/N-ethyl adjacent to an activating group) is 1. The molecule has 1 aliphatic rings. The van der Waals surface area contributed by atoms with Crippen molar-refractivity contribution in [3.05, 3.63) is 30.3 Å². The van der Waals surface area contributed by atoms with Gasteiger partial charge in [0.1, 0.15) is 5.60 Å². The predicted molar refractivity (Wildman–Crippen MR) is 77.3 cm³/mol. The van der Waals surface area contributed by atoms with Crippen molar-refractivity contribution in [3.63, 3.8) is 0 Å². The third kappa shape index (κ3) is 2.81. The highest BCUT2D eigenvalue weighted by Crippen LogP contribution is 2.34. The zero-order chi connectivity index (χ0) is 13.7. The van der Waals surface area contributed by atoms with E-state index in [0.29, 0.717) is 6.54 Å². The quantitative estimate of drug-likeness (QED) is 0.831. The average Bonchev–Trinajstić information content (AvgIpc) is 2.49. The molecule has 0 saturated heterocycles. The van der Waals surface area contributed by atoms with Crippen molar-refractivity contribution in [2.75, 3.05) is 18.6 Å². The van der Waals surface area contributed by atoms with Gasteiger partial charge in [-0.2, -0.15) is 0 Å². The summed E-state index contributed by atoms with van der Waals surface area (Å²) in [6.07, 6.45) is 5.03. The Bertz CT molecular complexity index is 410. The number of benzene rings is 1. The molecule has 1 fully saturated rings. The molecule has 0 N–H and O–H groups in total. The number of methoxy groups -OCH3 is 1.